The van der Waals surface area contributed by atoms with Crippen LogP contribution in [0.1, 0.15) is 18.4 Å². The molecule has 7 heteroatoms. The van der Waals surface area contributed by atoms with Crippen LogP contribution in [-0.4, -0.2) is 46.2 Å². The average Bonchev–Trinajstić information content (AvgIpc) is 3.13. The van der Waals surface area contributed by atoms with Gasteiger partial charge in [-0.2, -0.15) is 0 Å². The number of rotatable bonds is 11. The Kier molecular flexibility index (Phi) is 8.95. The monoisotopic (exact) mass is 365 g/mol. The summed E-state index contributed by atoms with van der Waals surface area (Å²) in [5.41, 5.74) is 0.922. The van der Waals surface area contributed by atoms with Crippen LogP contribution in [0.2, 0.25) is 0 Å². The van der Waals surface area contributed by atoms with Crippen molar-refractivity contribution in [2.45, 2.75) is 25.5 Å². The third-order valence-electron chi connectivity index (χ3n) is 4.02. The number of amides is 1. The molecule has 26 heavy (non-hydrogen) atoms. The van der Waals surface area contributed by atoms with E-state index in [4.69, 9.17) is 19.1 Å². The molecule has 0 aromatic heterocycles. The molecule has 1 aliphatic rings. The average molecular weight is 365 g/mol. The minimum Gasteiger partial charge on any atom is -0.501 e. The second-order valence-corrected chi connectivity index (χ2v) is 6.03. The molecule has 0 heterocycles. The highest BCUT2D eigenvalue weighted by molar-refractivity contribution is 5.67. The zero-order valence-corrected chi connectivity index (χ0v) is 15.3. The number of alkyl carbamates (subject to hydrolysis) is 1. The summed E-state index contributed by atoms with van der Waals surface area (Å²) < 4.78 is 16.2. The molecule has 2 rings (SSSR count). The van der Waals surface area contributed by atoms with E-state index >= 15 is 0 Å². The third-order valence-corrected chi connectivity index (χ3v) is 4.02. The van der Waals surface area contributed by atoms with Crippen molar-refractivity contribution in [2.24, 2.45) is 5.92 Å². The Morgan fingerprint density at radius 3 is 2.73 bits per heavy atom. The summed E-state index contributed by atoms with van der Waals surface area (Å²) in [6.07, 6.45) is 3.51. The maximum absolute atomic E-state index is 12.0. The Balaban J connectivity index is 1.71. The zero-order chi connectivity index (χ0) is 18.6. The second-order valence-electron chi connectivity index (χ2n) is 6.03. The SMILES string of the molecule is COOCC(COC[C@H]1C=C(OC)CC1)NC(=O)OCc1ccccc1. The van der Waals surface area contributed by atoms with Gasteiger partial charge in [0.2, 0.25) is 0 Å². The van der Waals surface area contributed by atoms with Gasteiger partial charge in [-0.05, 0) is 18.1 Å². The van der Waals surface area contributed by atoms with Gasteiger partial charge in [0.25, 0.3) is 0 Å². The van der Waals surface area contributed by atoms with Crippen molar-refractivity contribution in [3.63, 3.8) is 0 Å². The Morgan fingerprint density at radius 2 is 2.04 bits per heavy atom. The number of methoxy groups -OCH3 is 1. The van der Waals surface area contributed by atoms with E-state index in [0.717, 1.165) is 24.2 Å². The van der Waals surface area contributed by atoms with Crippen molar-refractivity contribution < 1.29 is 28.8 Å². The molecule has 1 unspecified atom stereocenters. The van der Waals surface area contributed by atoms with Gasteiger partial charge in [-0.15, -0.1) is 0 Å². The van der Waals surface area contributed by atoms with E-state index in [9.17, 15) is 4.79 Å². The van der Waals surface area contributed by atoms with Crippen LogP contribution in [0, 0.1) is 5.92 Å². The van der Waals surface area contributed by atoms with E-state index in [1.165, 1.54) is 7.11 Å². The molecule has 0 aliphatic heterocycles. The Hall–Kier alpha value is -2.09. The number of allylic oxidation sites excluding steroid dienone is 1. The predicted molar refractivity (Wildman–Crippen MR) is 95.1 cm³/mol. The van der Waals surface area contributed by atoms with Crippen molar-refractivity contribution in [1.82, 2.24) is 5.32 Å². The van der Waals surface area contributed by atoms with E-state index < -0.39 is 6.09 Å². The smallest absolute Gasteiger partial charge is 0.407 e. The van der Waals surface area contributed by atoms with Crippen LogP contribution in [0.25, 0.3) is 0 Å². The first-order valence-electron chi connectivity index (χ1n) is 8.66. The molecule has 1 N–H and O–H groups in total. The van der Waals surface area contributed by atoms with E-state index in [1.54, 1.807) is 7.11 Å². The molecule has 144 valence electrons. The zero-order valence-electron chi connectivity index (χ0n) is 15.3. The molecule has 0 saturated carbocycles. The minimum absolute atomic E-state index is 0.167. The fourth-order valence-corrected chi connectivity index (χ4v) is 2.63. The van der Waals surface area contributed by atoms with Gasteiger partial charge in [0, 0.05) is 12.3 Å². The van der Waals surface area contributed by atoms with Gasteiger partial charge >= 0.3 is 6.09 Å². The van der Waals surface area contributed by atoms with Crippen molar-refractivity contribution in [3.8, 4) is 0 Å². The summed E-state index contributed by atoms with van der Waals surface area (Å²) in [7, 11) is 3.10. The molecule has 7 nitrogen and oxygen atoms in total. The third kappa shape index (κ3) is 7.43. The van der Waals surface area contributed by atoms with E-state index in [-0.39, 0.29) is 19.3 Å². The fourth-order valence-electron chi connectivity index (χ4n) is 2.63. The maximum Gasteiger partial charge on any atom is 0.407 e. The highest BCUT2D eigenvalue weighted by Gasteiger charge is 2.19. The van der Waals surface area contributed by atoms with Crippen LogP contribution >= 0.6 is 0 Å². The van der Waals surface area contributed by atoms with Crippen molar-refractivity contribution >= 4 is 6.09 Å². The van der Waals surface area contributed by atoms with Gasteiger partial charge in [0.05, 0.1) is 39.2 Å². The minimum atomic E-state index is -0.524. The van der Waals surface area contributed by atoms with E-state index in [2.05, 4.69) is 16.3 Å². The second kappa shape index (κ2) is 11.5. The molecule has 0 bridgehead atoms. The molecule has 0 saturated heterocycles. The number of ether oxygens (including phenoxy) is 3. The largest absolute Gasteiger partial charge is 0.501 e. The first-order valence-corrected chi connectivity index (χ1v) is 8.66. The molecule has 2 atom stereocenters. The number of hydrogen-bond donors (Lipinski definition) is 1. The molecule has 1 aliphatic carbocycles. The van der Waals surface area contributed by atoms with E-state index in [1.807, 2.05) is 30.3 Å². The molecule has 0 fully saturated rings. The lowest BCUT2D eigenvalue weighted by molar-refractivity contribution is -0.277. The summed E-state index contributed by atoms with van der Waals surface area (Å²) in [5, 5.41) is 2.74. The molecule has 1 aromatic carbocycles. The van der Waals surface area contributed by atoms with Crippen LogP contribution in [0.3, 0.4) is 0 Å². The normalized spacial score (nSPS) is 17.5. The molecule has 1 aromatic rings. The number of carbonyl (C=O) groups is 1. The summed E-state index contributed by atoms with van der Waals surface area (Å²) in [6.45, 7) is 1.24. The highest BCUT2D eigenvalue weighted by atomic mass is 17.2. The van der Waals surface area contributed by atoms with Crippen molar-refractivity contribution in [2.75, 3.05) is 34.0 Å². The topological polar surface area (TPSA) is 75.3 Å². The van der Waals surface area contributed by atoms with E-state index in [0.29, 0.717) is 19.1 Å². The summed E-state index contributed by atoms with van der Waals surface area (Å²) in [4.78, 5) is 21.5. The van der Waals surface area contributed by atoms with Gasteiger partial charge in [-0.3, -0.25) is 0 Å². The van der Waals surface area contributed by atoms with Gasteiger partial charge in [-0.25, -0.2) is 14.6 Å². The quantitative estimate of drug-likeness (QED) is 0.480. The van der Waals surface area contributed by atoms with Gasteiger partial charge in [0.1, 0.15) is 13.2 Å². The highest BCUT2D eigenvalue weighted by Crippen LogP contribution is 2.24. The lowest BCUT2D eigenvalue weighted by Gasteiger charge is -2.19. The molecular formula is C19H27NO6. The Morgan fingerprint density at radius 1 is 1.23 bits per heavy atom. The maximum atomic E-state index is 12.0. The van der Waals surface area contributed by atoms with Gasteiger partial charge < -0.3 is 19.5 Å². The van der Waals surface area contributed by atoms with Gasteiger partial charge in [0.15, 0.2) is 0 Å². The Labute approximate surface area is 154 Å². The lowest BCUT2D eigenvalue weighted by atomic mass is 10.1. The van der Waals surface area contributed by atoms with Crippen LogP contribution in [0.15, 0.2) is 42.2 Å². The van der Waals surface area contributed by atoms with Crippen molar-refractivity contribution in [3.05, 3.63) is 47.7 Å². The fraction of sp³-hybridized carbons (Fsp3) is 0.526. The number of benzene rings is 1. The molecule has 1 amide bonds. The van der Waals surface area contributed by atoms with Crippen LogP contribution in [-0.2, 0) is 30.6 Å². The number of hydrogen-bond acceptors (Lipinski definition) is 6. The summed E-state index contributed by atoms with van der Waals surface area (Å²) in [6, 6.07) is 9.12. The number of carbonyl (C=O) groups excluding carboxylic acids is 1. The van der Waals surface area contributed by atoms with Gasteiger partial charge in [-0.1, -0.05) is 30.3 Å². The standard InChI is InChI=1S/C19H27NO6/c1-22-18-9-8-16(10-18)11-24-13-17(14-26-23-2)20-19(21)25-12-15-6-4-3-5-7-15/h3-7,10,16-17H,8-9,11-14H2,1-2H3,(H,20,21)/t16-,17?/m1/s1. The van der Waals surface area contributed by atoms with Crippen LogP contribution in [0.4, 0.5) is 4.79 Å². The molecule has 0 spiro atoms. The molecule has 0 radical (unpaired) electrons. The first-order chi connectivity index (χ1) is 12.7. The predicted octanol–water partition coefficient (Wildman–Crippen LogP) is 2.82. The lowest BCUT2D eigenvalue weighted by Crippen LogP contribution is -2.42. The molecular weight excluding hydrogens is 338 g/mol. The number of nitrogens with one attached hydrogen (secondary N) is 1. The van der Waals surface area contributed by atoms with Crippen LogP contribution in [0.5, 0.6) is 0 Å². The van der Waals surface area contributed by atoms with Crippen LogP contribution < -0.4 is 5.32 Å². The summed E-state index contributed by atoms with van der Waals surface area (Å²) in [5.74, 6) is 1.33. The van der Waals surface area contributed by atoms with Crippen molar-refractivity contribution in [1.29, 1.82) is 0 Å². The Bertz CT molecular complexity index is 562. The summed E-state index contributed by atoms with van der Waals surface area (Å²) >= 11 is 0. The first kappa shape index (κ1) is 20.2.